The fourth-order valence-electron chi connectivity index (χ4n) is 6.72. The molecule has 1 atom stereocenters. The largest absolute Gasteiger partial charge is 0.476 e. The summed E-state index contributed by atoms with van der Waals surface area (Å²) >= 11 is 8.24. The molecule has 0 bridgehead atoms. The molecule has 5 nitrogen and oxygen atoms in total. The van der Waals surface area contributed by atoms with Gasteiger partial charge in [0.05, 0.1) is 6.54 Å². The molecule has 1 N–H and O–H groups in total. The average molecular weight is 512 g/mol. The third-order valence-electron chi connectivity index (χ3n) is 8.41. The quantitative estimate of drug-likeness (QED) is 0.511. The Morgan fingerprint density at radius 1 is 1.06 bits per heavy atom. The second kappa shape index (κ2) is 9.95. The van der Waals surface area contributed by atoms with Crippen LogP contribution in [-0.2, 0) is 4.79 Å². The second-order valence-electron chi connectivity index (χ2n) is 10.6. The molecule has 0 amide bonds. The van der Waals surface area contributed by atoms with E-state index in [-0.39, 0.29) is 11.0 Å². The maximum Gasteiger partial charge on any atom is 0.361 e. The monoisotopic (exact) mass is 511 g/mol. The lowest BCUT2D eigenvalue weighted by molar-refractivity contribution is -0.129. The van der Waals surface area contributed by atoms with E-state index in [0.717, 1.165) is 29.6 Å². The van der Waals surface area contributed by atoms with E-state index in [0.29, 0.717) is 12.5 Å². The Hall–Kier alpha value is -1.76. The van der Waals surface area contributed by atoms with Crippen molar-refractivity contribution in [3.05, 3.63) is 56.2 Å². The molecule has 6 rings (SSSR count). The van der Waals surface area contributed by atoms with Gasteiger partial charge in [-0.2, -0.15) is 0 Å². The van der Waals surface area contributed by atoms with Gasteiger partial charge in [-0.1, -0.05) is 55.1 Å². The molecule has 0 radical (unpaired) electrons. The van der Waals surface area contributed by atoms with Gasteiger partial charge in [-0.05, 0) is 78.6 Å². The summed E-state index contributed by atoms with van der Waals surface area (Å²) < 4.78 is 0. The van der Waals surface area contributed by atoms with Gasteiger partial charge >= 0.3 is 5.97 Å². The standard InChI is InChI=1S/C28H34ClN3O2S/c29-22-10-9-20-23(18-7-3-1-4-8-18)25-21(24(20)22)17-32(14-13-31-11-5-2-6-12-31)16-19-15-30-27(28(33)34)35-26(19)25/h9-10,17-18,24H,1-8,11-16H2,(H,33,34). The minimum atomic E-state index is -0.923. The molecule has 1 saturated heterocycles. The van der Waals surface area contributed by atoms with Crippen LogP contribution in [-0.4, -0.2) is 65.2 Å². The van der Waals surface area contributed by atoms with Gasteiger partial charge in [-0.3, -0.25) is 4.99 Å². The molecule has 0 aromatic heterocycles. The Balaban J connectivity index is 1.41. The molecule has 35 heavy (non-hydrogen) atoms. The maximum absolute atomic E-state index is 11.9. The Bertz CT molecular complexity index is 1100. The van der Waals surface area contributed by atoms with Crippen molar-refractivity contribution >= 4 is 34.4 Å². The van der Waals surface area contributed by atoms with E-state index in [1.165, 1.54) is 104 Å². The summed E-state index contributed by atoms with van der Waals surface area (Å²) in [5, 5.41) is 10.9. The lowest BCUT2D eigenvalue weighted by atomic mass is 9.80. The zero-order valence-corrected chi connectivity index (χ0v) is 21.8. The topological polar surface area (TPSA) is 56.1 Å². The Morgan fingerprint density at radius 3 is 2.60 bits per heavy atom. The van der Waals surface area contributed by atoms with Crippen molar-refractivity contribution in [3.63, 3.8) is 0 Å². The number of hydrogen-bond acceptors (Lipinski definition) is 5. The first kappa shape index (κ1) is 23.6. The van der Waals surface area contributed by atoms with Crippen molar-refractivity contribution in [2.75, 3.05) is 39.3 Å². The minimum Gasteiger partial charge on any atom is -0.476 e. The number of nitrogens with zero attached hydrogens (tertiary/aromatic N) is 3. The van der Waals surface area contributed by atoms with Crippen LogP contribution >= 0.6 is 23.4 Å². The van der Waals surface area contributed by atoms with Gasteiger partial charge in [0.25, 0.3) is 0 Å². The van der Waals surface area contributed by atoms with Gasteiger partial charge in [0, 0.05) is 41.7 Å². The van der Waals surface area contributed by atoms with Gasteiger partial charge in [-0.25, -0.2) is 4.79 Å². The van der Waals surface area contributed by atoms with Crippen molar-refractivity contribution in [2.45, 2.75) is 51.4 Å². The number of fused-ring (bicyclic) bond motifs is 4. The first-order valence-electron chi connectivity index (χ1n) is 13.3. The first-order chi connectivity index (χ1) is 17.1. The van der Waals surface area contributed by atoms with Gasteiger partial charge < -0.3 is 14.9 Å². The number of allylic oxidation sites excluding steroid dienone is 7. The highest BCUT2D eigenvalue weighted by molar-refractivity contribution is 8.19. The third-order valence-corrected chi connectivity index (χ3v) is 9.95. The number of hydrogen-bond donors (Lipinski definition) is 1. The van der Waals surface area contributed by atoms with Gasteiger partial charge in [0.2, 0.25) is 0 Å². The summed E-state index contributed by atoms with van der Waals surface area (Å²) in [6.45, 7) is 5.71. The molecular weight excluding hydrogens is 478 g/mol. The number of piperidine rings is 1. The van der Waals surface area contributed by atoms with Crippen LogP contribution in [0.1, 0.15) is 51.4 Å². The minimum absolute atomic E-state index is 0.0978. The predicted octanol–water partition coefficient (Wildman–Crippen LogP) is 5.73. The van der Waals surface area contributed by atoms with E-state index in [9.17, 15) is 9.90 Å². The molecule has 1 saturated carbocycles. The van der Waals surface area contributed by atoms with Crippen LogP contribution in [0.15, 0.2) is 61.1 Å². The van der Waals surface area contributed by atoms with Gasteiger partial charge in [-0.15, -0.1) is 0 Å². The summed E-state index contributed by atoms with van der Waals surface area (Å²) in [5.74, 6) is -0.301. The molecule has 6 aliphatic rings. The number of carboxylic acids is 1. The molecule has 3 heterocycles. The number of carbonyl (C=O) groups is 1. The number of rotatable bonds is 5. The summed E-state index contributed by atoms with van der Waals surface area (Å²) in [4.78, 5) is 22.6. The fourth-order valence-corrected chi connectivity index (χ4v) is 8.04. The lowest BCUT2D eigenvalue weighted by Gasteiger charge is -2.30. The summed E-state index contributed by atoms with van der Waals surface area (Å²) in [6.07, 6.45) is 16.9. The predicted molar refractivity (Wildman–Crippen MR) is 144 cm³/mol. The van der Waals surface area contributed by atoms with Crippen LogP contribution in [0.2, 0.25) is 0 Å². The van der Waals surface area contributed by atoms with Crippen molar-refractivity contribution in [2.24, 2.45) is 16.8 Å². The zero-order valence-electron chi connectivity index (χ0n) is 20.3. The van der Waals surface area contributed by atoms with Crippen LogP contribution in [0.3, 0.4) is 0 Å². The molecular formula is C28H34ClN3O2S. The van der Waals surface area contributed by atoms with Crippen LogP contribution in [0.5, 0.6) is 0 Å². The van der Waals surface area contributed by atoms with E-state index in [2.05, 4.69) is 33.1 Å². The normalized spacial score (nSPS) is 27.6. The third kappa shape index (κ3) is 4.47. The maximum atomic E-state index is 11.9. The van der Waals surface area contributed by atoms with Crippen LogP contribution in [0.25, 0.3) is 0 Å². The molecule has 3 aliphatic heterocycles. The Labute approximate surface area is 217 Å². The van der Waals surface area contributed by atoms with Crippen molar-refractivity contribution in [1.29, 1.82) is 0 Å². The van der Waals surface area contributed by atoms with Crippen molar-refractivity contribution in [1.82, 2.24) is 9.80 Å². The molecule has 7 heteroatoms. The van der Waals surface area contributed by atoms with Crippen molar-refractivity contribution < 1.29 is 9.90 Å². The van der Waals surface area contributed by atoms with E-state index in [1.807, 2.05) is 0 Å². The number of thioether (sulfide) groups is 1. The smallest absolute Gasteiger partial charge is 0.361 e. The Morgan fingerprint density at radius 2 is 1.83 bits per heavy atom. The molecule has 0 aromatic carbocycles. The highest BCUT2D eigenvalue weighted by atomic mass is 35.5. The van der Waals surface area contributed by atoms with Crippen LogP contribution in [0.4, 0.5) is 0 Å². The molecule has 1 unspecified atom stereocenters. The summed E-state index contributed by atoms with van der Waals surface area (Å²) in [6, 6.07) is 0. The second-order valence-corrected chi connectivity index (χ2v) is 12.1. The number of likely N-dealkylation sites (tertiary alicyclic amines) is 1. The lowest BCUT2D eigenvalue weighted by Crippen LogP contribution is -2.37. The van der Waals surface area contributed by atoms with E-state index < -0.39 is 5.97 Å². The highest BCUT2D eigenvalue weighted by Gasteiger charge is 2.44. The molecule has 3 aliphatic carbocycles. The molecule has 0 spiro atoms. The van der Waals surface area contributed by atoms with Gasteiger partial charge in [0.15, 0.2) is 5.04 Å². The van der Waals surface area contributed by atoms with Crippen LogP contribution < -0.4 is 0 Å². The molecule has 2 fully saturated rings. The molecule has 186 valence electrons. The number of halogens is 1. The van der Waals surface area contributed by atoms with Crippen LogP contribution in [0, 0.1) is 11.8 Å². The summed E-state index contributed by atoms with van der Waals surface area (Å²) in [5.41, 5.74) is 6.62. The number of aliphatic carboxylic acids is 1. The number of carboxylic acid groups (broad SMARTS) is 1. The fraction of sp³-hybridized carbons (Fsp3) is 0.571. The summed E-state index contributed by atoms with van der Waals surface area (Å²) in [7, 11) is 0. The zero-order chi connectivity index (χ0) is 23.9. The highest BCUT2D eigenvalue weighted by Crippen LogP contribution is 2.58. The van der Waals surface area contributed by atoms with Crippen molar-refractivity contribution in [3.8, 4) is 0 Å². The van der Waals surface area contributed by atoms with E-state index in [1.54, 1.807) is 0 Å². The van der Waals surface area contributed by atoms with E-state index >= 15 is 0 Å². The SMILES string of the molecule is O=C(O)C1=NCC2=C(S1)C1=C(C3CCCCC3)C3=CC=C(Cl)C3C1=CN(CCN1CCCCC1)C2. The Kier molecular flexibility index (Phi) is 6.72. The van der Waals surface area contributed by atoms with Gasteiger partial charge in [0.1, 0.15) is 0 Å². The number of aliphatic imine (C=N–C) groups is 1. The molecule has 0 aromatic rings. The van der Waals surface area contributed by atoms with E-state index in [4.69, 9.17) is 11.6 Å². The first-order valence-corrected chi connectivity index (χ1v) is 14.5. The average Bonchev–Trinajstić information content (AvgIpc) is 3.36.